The van der Waals surface area contributed by atoms with Gasteiger partial charge in [0.25, 0.3) is 0 Å². The highest BCUT2D eigenvalue weighted by Gasteiger charge is 2.26. The molecular weight excluding hydrogens is 294 g/mol. The molecule has 116 valence electrons. The highest BCUT2D eigenvalue weighted by Crippen LogP contribution is 2.32. The van der Waals surface area contributed by atoms with Crippen molar-refractivity contribution in [2.45, 2.75) is 17.7 Å². The van der Waals surface area contributed by atoms with Crippen molar-refractivity contribution in [2.75, 3.05) is 31.2 Å². The zero-order valence-corrected chi connectivity index (χ0v) is 12.6. The maximum absolute atomic E-state index is 11.7. The summed E-state index contributed by atoms with van der Waals surface area (Å²) in [6.07, 6.45) is 2.98. The predicted molar refractivity (Wildman–Crippen MR) is 80.3 cm³/mol. The molecule has 1 aromatic carbocycles. The van der Waals surface area contributed by atoms with Crippen LogP contribution < -0.4 is 10.6 Å². The van der Waals surface area contributed by atoms with Gasteiger partial charge in [-0.05, 0) is 44.0 Å². The van der Waals surface area contributed by atoms with Gasteiger partial charge in [0.15, 0.2) is 9.84 Å². The van der Waals surface area contributed by atoms with E-state index in [-0.39, 0.29) is 16.3 Å². The number of para-hydroxylation sites is 1. The number of benzene rings is 1. The molecule has 0 amide bonds. The van der Waals surface area contributed by atoms with Crippen LogP contribution in [-0.4, -0.2) is 39.2 Å². The minimum absolute atomic E-state index is 0.250. The van der Waals surface area contributed by atoms with Crippen molar-refractivity contribution in [3.05, 3.63) is 28.3 Å². The molecule has 2 N–H and O–H groups in total. The molecule has 1 saturated heterocycles. The summed E-state index contributed by atoms with van der Waals surface area (Å²) in [4.78, 5) is 10.3. The standard InChI is InChI=1S/C13H19N3O4S/c1-21(19,20)12-4-2-3-11(13(12)16(17)18)15-8-6-10-5-7-14-9-10/h2-4,10,14-15H,5-9H2,1H3. The Morgan fingerprint density at radius 1 is 1.48 bits per heavy atom. The largest absolute Gasteiger partial charge is 0.379 e. The van der Waals surface area contributed by atoms with Crippen molar-refractivity contribution in [2.24, 2.45) is 5.92 Å². The number of nitro groups is 1. The summed E-state index contributed by atoms with van der Waals surface area (Å²) in [5, 5.41) is 17.5. The van der Waals surface area contributed by atoms with Crippen LogP contribution >= 0.6 is 0 Å². The van der Waals surface area contributed by atoms with E-state index in [0.29, 0.717) is 12.5 Å². The van der Waals surface area contributed by atoms with Crippen LogP contribution in [0, 0.1) is 16.0 Å². The highest BCUT2D eigenvalue weighted by molar-refractivity contribution is 7.90. The molecule has 1 aliphatic rings. The molecule has 0 spiro atoms. The van der Waals surface area contributed by atoms with Crippen LogP contribution in [0.25, 0.3) is 0 Å². The molecule has 0 saturated carbocycles. The molecule has 0 aromatic heterocycles. The summed E-state index contributed by atoms with van der Waals surface area (Å²) in [6.45, 7) is 2.56. The Balaban J connectivity index is 2.16. The Kier molecular flexibility index (Phi) is 4.79. The molecule has 1 aromatic rings. The molecular formula is C13H19N3O4S. The third kappa shape index (κ3) is 3.92. The number of sulfone groups is 1. The number of hydrogen-bond donors (Lipinski definition) is 2. The van der Waals surface area contributed by atoms with Crippen LogP contribution in [0.3, 0.4) is 0 Å². The Morgan fingerprint density at radius 2 is 2.24 bits per heavy atom. The van der Waals surface area contributed by atoms with E-state index in [0.717, 1.165) is 32.2 Å². The number of hydrogen-bond acceptors (Lipinski definition) is 6. The fourth-order valence-electron chi connectivity index (χ4n) is 2.52. The van der Waals surface area contributed by atoms with E-state index in [1.54, 1.807) is 6.07 Å². The molecule has 0 bridgehead atoms. The number of nitrogens with zero attached hydrogens (tertiary/aromatic N) is 1. The summed E-state index contributed by atoms with van der Waals surface area (Å²) in [5.41, 5.74) is -0.113. The Bertz CT molecular complexity index is 624. The maximum atomic E-state index is 11.7. The molecule has 1 unspecified atom stereocenters. The molecule has 2 rings (SSSR count). The van der Waals surface area contributed by atoms with Gasteiger partial charge < -0.3 is 10.6 Å². The van der Waals surface area contributed by atoms with Gasteiger partial charge in [-0.3, -0.25) is 10.1 Å². The zero-order chi connectivity index (χ0) is 15.5. The molecule has 7 nitrogen and oxygen atoms in total. The van der Waals surface area contributed by atoms with Crippen molar-refractivity contribution in [1.29, 1.82) is 0 Å². The van der Waals surface area contributed by atoms with Crippen molar-refractivity contribution < 1.29 is 13.3 Å². The van der Waals surface area contributed by atoms with Gasteiger partial charge in [-0.2, -0.15) is 0 Å². The normalized spacial score (nSPS) is 18.6. The van der Waals surface area contributed by atoms with E-state index in [4.69, 9.17) is 0 Å². The fourth-order valence-corrected chi connectivity index (χ4v) is 3.39. The lowest BCUT2D eigenvalue weighted by atomic mass is 10.1. The van der Waals surface area contributed by atoms with Gasteiger partial charge >= 0.3 is 5.69 Å². The third-order valence-electron chi connectivity index (χ3n) is 3.61. The minimum atomic E-state index is -3.63. The molecule has 0 radical (unpaired) electrons. The van der Waals surface area contributed by atoms with Crippen LogP contribution in [0.5, 0.6) is 0 Å². The second-order valence-electron chi connectivity index (χ2n) is 5.26. The van der Waals surface area contributed by atoms with E-state index in [1.807, 2.05) is 0 Å². The van der Waals surface area contributed by atoms with Gasteiger partial charge in [0.1, 0.15) is 10.6 Å². The first-order valence-corrected chi connectivity index (χ1v) is 8.71. The van der Waals surface area contributed by atoms with Crippen molar-refractivity contribution in [3.8, 4) is 0 Å². The molecule has 21 heavy (non-hydrogen) atoms. The quantitative estimate of drug-likeness (QED) is 0.608. The van der Waals surface area contributed by atoms with Crippen molar-refractivity contribution >= 4 is 21.2 Å². The lowest BCUT2D eigenvalue weighted by Gasteiger charge is -2.11. The first kappa shape index (κ1) is 15.7. The lowest BCUT2D eigenvalue weighted by Crippen LogP contribution is -2.14. The fraction of sp³-hybridized carbons (Fsp3) is 0.538. The number of rotatable bonds is 6. The topological polar surface area (TPSA) is 101 Å². The summed E-state index contributed by atoms with van der Waals surface area (Å²) < 4.78 is 23.3. The van der Waals surface area contributed by atoms with E-state index >= 15 is 0 Å². The first-order valence-electron chi connectivity index (χ1n) is 6.81. The average molecular weight is 313 g/mol. The molecule has 8 heteroatoms. The highest BCUT2D eigenvalue weighted by atomic mass is 32.2. The van der Waals surface area contributed by atoms with Gasteiger partial charge in [0.2, 0.25) is 0 Å². The third-order valence-corrected chi connectivity index (χ3v) is 4.74. The van der Waals surface area contributed by atoms with Crippen LogP contribution in [0.15, 0.2) is 23.1 Å². The summed E-state index contributed by atoms with van der Waals surface area (Å²) in [5.74, 6) is 0.564. The monoisotopic (exact) mass is 313 g/mol. The average Bonchev–Trinajstić information content (AvgIpc) is 2.90. The zero-order valence-electron chi connectivity index (χ0n) is 11.8. The molecule has 1 atom stereocenters. The Morgan fingerprint density at radius 3 is 2.81 bits per heavy atom. The van der Waals surface area contributed by atoms with E-state index in [2.05, 4.69) is 10.6 Å². The minimum Gasteiger partial charge on any atom is -0.379 e. The number of nitro benzene ring substituents is 1. The molecule has 1 heterocycles. The summed E-state index contributed by atoms with van der Waals surface area (Å²) >= 11 is 0. The van der Waals surface area contributed by atoms with E-state index < -0.39 is 14.8 Å². The smallest absolute Gasteiger partial charge is 0.310 e. The second-order valence-corrected chi connectivity index (χ2v) is 7.24. The Labute approximate surface area is 123 Å². The van der Waals surface area contributed by atoms with Gasteiger partial charge in [0.05, 0.1) is 4.92 Å². The molecule has 1 fully saturated rings. The molecule has 1 aliphatic heterocycles. The van der Waals surface area contributed by atoms with Crippen LogP contribution in [0.1, 0.15) is 12.8 Å². The van der Waals surface area contributed by atoms with Crippen molar-refractivity contribution in [3.63, 3.8) is 0 Å². The lowest BCUT2D eigenvalue weighted by molar-refractivity contribution is -0.386. The maximum Gasteiger partial charge on any atom is 0.310 e. The van der Waals surface area contributed by atoms with Gasteiger partial charge in [0, 0.05) is 12.8 Å². The Hall–Kier alpha value is -1.67. The van der Waals surface area contributed by atoms with Gasteiger partial charge in [-0.1, -0.05) is 6.07 Å². The van der Waals surface area contributed by atoms with E-state index in [1.165, 1.54) is 12.1 Å². The number of anilines is 1. The van der Waals surface area contributed by atoms with Crippen LogP contribution in [0.2, 0.25) is 0 Å². The predicted octanol–water partition coefficient (Wildman–Crippen LogP) is 1.41. The van der Waals surface area contributed by atoms with Crippen LogP contribution in [0.4, 0.5) is 11.4 Å². The summed E-state index contributed by atoms with van der Waals surface area (Å²) in [7, 11) is -3.63. The van der Waals surface area contributed by atoms with Gasteiger partial charge in [-0.15, -0.1) is 0 Å². The number of nitrogens with one attached hydrogen (secondary N) is 2. The SMILES string of the molecule is CS(=O)(=O)c1cccc(NCCC2CCNC2)c1[N+](=O)[O-]. The van der Waals surface area contributed by atoms with Gasteiger partial charge in [-0.25, -0.2) is 8.42 Å². The van der Waals surface area contributed by atoms with Crippen LogP contribution in [-0.2, 0) is 9.84 Å². The second kappa shape index (κ2) is 6.40. The van der Waals surface area contributed by atoms with Crippen molar-refractivity contribution in [1.82, 2.24) is 5.32 Å². The van der Waals surface area contributed by atoms with E-state index in [9.17, 15) is 18.5 Å². The molecule has 0 aliphatic carbocycles. The first-order chi connectivity index (χ1) is 9.89. The summed E-state index contributed by atoms with van der Waals surface area (Å²) in [6, 6.07) is 4.32.